The second kappa shape index (κ2) is 10.7. The van der Waals surface area contributed by atoms with Crippen molar-refractivity contribution in [2.45, 2.75) is 13.1 Å². The number of aryl methyl sites for hydroxylation is 1. The second-order valence-electron chi connectivity index (χ2n) is 7.73. The number of halogens is 4. The van der Waals surface area contributed by atoms with E-state index < -0.39 is 17.8 Å². The molecule has 0 aliphatic carbocycles. The summed E-state index contributed by atoms with van der Waals surface area (Å²) in [4.78, 5) is 25.3. The Bertz CT molecular complexity index is 1450. The average Bonchev–Trinajstić information content (AvgIpc) is 2.86. The number of rotatable bonds is 6. The zero-order chi connectivity index (χ0) is 26.6. The van der Waals surface area contributed by atoms with Gasteiger partial charge in [0.05, 0.1) is 27.5 Å². The first-order valence-corrected chi connectivity index (χ1v) is 11.2. The van der Waals surface area contributed by atoms with Crippen LogP contribution < -0.4 is 20.7 Å². The van der Waals surface area contributed by atoms with Gasteiger partial charge in [0, 0.05) is 25.1 Å². The minimum Gasteiger partial charge on any atom is -0.438 e. The highest BCUT2D eigenvalue weighted by Crippen LogP contribution is 2.35. The van der Waals surface area contributed by atoms with Crippen LogP contribution in [0.3, 0.4) is 0 Å². The highest BCUT2D eigenvalue weighted by Gasteiger charge is 2.31. The van der Waals surface area contributed by atoms with Crippen LogP contribution in [-0.2, 0) is 6.18 Å². The number of urea groups is 1. The van der Waals surface area contributed by atoms with E-state index in [9.17, 15) is 18.0 Å². The van der Waals surface area contributed by atoms with Crippen molar-refractivity contribution >= 4 is 35.0 Å². The van der Waals surface area contributed by atoms with Gasteiger partial charge in [-0.2, -0.15) is 13.2 Å². The Morgan fingerprint density at radius 1 is 1.00 bits per heavy atom. The zero-order valence-corrected chi connectivity index (χ0v) is 20.3. The molecule has 12 heteroatoms. The van der Waals surface area contributed by atoms with Gasteiger partial charge in [-0.05, 0) is 67.1 Å². The molecule has 8 nitrogen and oxygen atoms in total. The molecule has 4 rings (SSSR count). The third-order valence-electron chi connectivity index (χ3n) is 5.11. The maximum Gasteiger partial charge on any atom is 0.416 e. The lowest BCUT2D eigenvalue weighted by molar-refractivity contribution is -0.137. The van der Waals surface area contributed by atoms with Crippen LogP contribution in [0.5, 0.6) is 11.6 Å². The number of carbonyl (C=O) groups excluding carboxylic acids is 1. The van der Waals surface area contributed by atoms with Gasteiger partial charge < -0.3 is 20.7 Å². The van der Waals surface area contributed by atoms with Crippen molar-refractivity contribution in [1.82, 2.24) is 15.0 Å². The topological polar surface area (TPSA) is 101 Å². The predicted molar refractivity (Wildman–Crippen MR) is 135 cm³/mol. The average molecular weight is 529 g/mol. The quantitative estimate of drug-likeness (QED) is 0.249. The molecule has 0 spiro atoms. The third kappa shape index (κ3) is 6.25. The molecule has 2 aromatic carbocycles. The fourth-order valence-corrected chi connectivity index (χ4v) is 3.49. The fourth-order valence-electron chi connectivity index (χ4n) is 3.32. The number of nitrogens with zero attached hydrogens (tertiary/aromatic N) is 3. The van der Waals surface area contributed by atoms with E-state index in [0.717, 1.165) is 18.2 Å². The molecule has 37 heavy (non-hydrogen) atoms. The molecular weight excluding hydrogens is 509 g/mol. The molecule has 2 aromatic heterocycles. The van der Waals surface area contributed by atoms with Gasteiger partial charge in [0.2, 0.25) is 11.8 Å². The van der Waals surface area contributed by atoms with Crippen molar-refractivity contribution in [2.75, 3.05) is 23.0 Å². The first kappa shape index (κ1) is 25.7. The number of nitrogens with one attached hydrogen (secondary N) is 3. The molecule has 2 amide bonds. The van der Waals surface area contributed by atoms with Gasteiger partial charge in [-0.1, -0.05) is 11.6 Å². The largest absolute Gasteiger partial charge is 0.438 e. The molecule has 4 aromatic rings. The second-order valence-corrected chi connectivity index (χ2v) is 8.13. The lowest BCUT2D eigenvalue weighted by atomic mass is 10.2. The van der Waals surface area contributed by atoms with Crippen molar-refractivity contribution in [3.05, 3.63) is 83.1 Å². The van der Waals surface area contributed by atoms with Crippen molar-refractivity contribution in [1.29, 1.82) is 0 Å². The number of hydrogen-bond donors (Lipinski definition) is 3. The minimum absolute atomic E-state index is 0.0280. The first-order chi connectivity index (χ1) is 17.6. The molecule has 0 aliphatic rings. The van der Waals surface area contributed by atoms with E-state index in [0.29, 0.717) is 40.1 Å². The molecule has 0 saturated carbocycles. The van der Waals surface area contributed by atoms with Crippen LogP contribution in [0.25, 0.3) is 11.3 Å². The molecule has 0 saturated heterocycles. The highest BCUT2D eigenvalue weighted by molar-refractivity contribution is 6.33. The Morgan fingerprint density at radius 2 is 1.81 bits per heavy atom. The molecule has 3 N–H and O–H groups in total. The summed E-state index contributed by atoms with van der Waals surface area (Å²) in [5.74, 6) is 1.25. The number of aromatic nitrogens is 3. The summed E-state index contributed by atoms with van der Waals surface area (Å²) in [6.45, 7) is 1.77. The molecule has 2 heterocycles. The number of pyridine rings is 1. The maximum atomic E-state index is 13.0. The number of ether oxygens (including phenoxy) is 1. The molecule has 0 fully saturated rings. The number of hydrogen-bond acceptors (Lipinski definition) is 6. The van der Waals surface area contributed by atoms with E-state index in [1.165, 1.54) is 0 Å². The lowest BCUT2D eigenvalue weighted by Crippen LogP contribution is -2.20. The van der Waals surface area contributed by atoms with Crippen molar-refractivity contribution in [3.8, 4) is 22.9 Å². The minimum atomic E-state index is -4.57. The van der Waals surface area contributed by atoms with Gasteiger partial charge in [-0.3, -0.25) is 0 Å². The summed E-state index contributed by atoms with van der Waals surface area (Å²) in [5, 5.41) is 7.77. The zero-order valence-electron chi connectivity index (χ0n) is 19.5. The number of carbonyl (C=O) groups is 1. The smallest absolute Gasteiger partial charge is 0.416 e. The molecule has 0 aliphatic heterocycles. The monoisotopic (exact) mass is 528 g/mol. The molecule has 0 atom stereocenters. The van der Waals surface area contributed by atoms with E-state index in [2.05, 4.69) is 30.9 Å². The SMILES string of the molecule is CNc1nccc(-c2cccnc2Oc2ccc(NC(=O)Nc3cc(C(F)(F)F)ccc3Cl)cc2C)n1. The van der Waals surface area contributed by atoms with Crippen LogP contribution in [0, 0.1) is 6.92 Å². The summed E-state index contributed by atoms with van der Waals surface area (Å²) in [7, 11) is 1.72. The Labute approximate surface area is 214 Å². The summed E-state index contributed by atoms with van der Waals surface area (Å²) in [5.41, 5.74) is 1.23. The Balaban J connectivity index is 1.49. The van der Waals surface area contributed by atoms with Crippen LogP contribution >= 0.6 is 11.6 Å². The van der Waals surface area contributed by atoms with Crippen molar-refractivity contribution in [2.24, 2.45) is 0 Å². The van der Waals surface area contributed by atoms with E-state index >= 15 is 0 Å². The third-order valence-corrected chi connectivity index (χ3v) is 5.44. The van der Waals surface area contributed by atoms with Gasteiger partial charge in [-0.25, -0.2) is 19.7 Å². The van der Waals surface area contributed by atoms with Gasteiger partial charge in [0.1, 0.15) is 5.75 Å². The summed E-state index contributed by atoms with van der Waals surface area (Å²) in [6.07, 6.45) is -1.36. The van der Waals surface area contributed by atoms with Crippen LogP contribution in [0.1, 0.15) is 11.1 Å². The fraction of sp³-hybridized carbons (Fsp3) is 0.120. The van der Waals surface area contributed by atoms with Gasteiger partial charge in [0.25, 0.3) is 0 Å². The maximum absolute atomic E-state index is 13.0. The van der Waals surface area contributed by atoms with Gasteiger partial charge in [-0.15, -0.1) is 0 Å². The normalized spacial score (nSPS) is 11.1. The number of amides is 2. The van der Waals surface area contributed by atoms with E-state index in [1.807, 2.05) is 6.07 Å². The molecular formula is C25H20ClF3N6O2. The predicted octanol–water partition coefficient (Wildman–Crippen LogP) is 7.00. The first-order valence-electron chi connectivity index (χ1n) is 10.8. The van der Waals surface area contributed by atoms with Crippen molar-refractivity contribution < 1.29 is 22.7 Å². The van der Waals surface area contributed by atoms with E-state index in [4.69, 9.17) is 16.3 Å². The van der Waals surface area contributed by atoms with Crippen LogP contribution in [0.15, 0.2) is 67.0 Å². The van der Waals surface area contributed by atoms with Crippen LogP contribution in [0.2, 0.25) is 5.02 Å². The Morgan fingerprint density at radius 3 is 2.54 bits per heavy atom. The number of benzene rings is 2. The molecule has 0 unspecified atom stereocenters. The van der Waals surface area contributed by atoms with E-state index in [-0.39, 0.29) is 10.7 Å². The summed E-state index contributed by atoms with van der Waals surface area (Å²) >= 11 is 5.95. The van der Waals surface area contributed by atoms with Crippen LogP contribution in [-0.4, -0.2) is 28.0 Å². The molecule has 0 radical (unpaired) electrons. The Hall–Kier alpha value is -4.38. The highest BCUT2D eigenvalue weighted by atomic mass is 35.5. The molecule has 190 valence electrons. The van der Waals surface area contributed by atoms with Gasteiger partial charge in [0.15, 0.2) is 0 Å². The van der Waals surface area contributed by atoms with Crippen LogP contribution in [0.4, 0.5) is 35.3 Å². The molecule has 0 bridgehead atoms. The van der Waals surface area contributed by atoms with Gasteiger partial charge >= 0.3 is 12.2 Å². The van der Waals surface area contributed by atoms with Crippen molar-refractivity contribution in [3.63, 3.8) is 0 Å². The summed E-state index contributed by atoms with van der Waals surface area (Å²) < 4.78 is 45.0. The summed E-state index contributed by atoms with van der Waals surface area (Å²) in [6, 6.07) is 12.1. The lowest BCUT2D eigenvalue weighted by Gasteiger charge is -2.14. The number of alkyl halides is 3. The van der Waals surface area contributed by atoms with E-state index in [1.54, 1.807) is 56.7 Å². The Kier molecular flexibility index (Phi) is 7.44. The standard InChI is InChI=1S/C25H20ClF3N6O2/c1-14-12-16(33-24(36)35-20-13-15(25(27,28)29)5-7-18(20)26)6-8-21(14)37-22-17(4-3-10-31-22)19-9-11-32-23(30-2)34-19/h3-13H,1-2H3,(H,30,32,34)(H2,33,35,36). The number of anilines is 3.